The third-order valence-electron chi connectivity index (χ3n) is 5.15. The summed E-state index contributed by atoms with van der Waals surface area (Å²) in [5.74, 6) is -0.163. The molecule has 9 nitrogen and oxygen atoms in total. The largest absolute Gasteiger partial charge is 0.508 e. The second kappa shape index (κ2) is 7.69. The lowest BCUT2D eigenvalue weighted by Gasteiger charge is -2.40. The van der Waals surface area contributed by atoms with Crippen molar-refractivity contribution >= 4 is 0 Å². The van der Waals surface area contributed by atoms with Crippen LogP contribution in [0.4, 0.5) is 0 Å². The zero-order chi connectivity index (χ0) is 20.7. The minimum Gasteiger partial charge on any atom is -0.508 e. The molecule has 4 rings (SSSR count). The Balaban J connectivity index is 1.64. The molecule has 6 N–H and O–H groups in total. The maximum Gasteiger partial charge on any atom is 0.186 e. The lowest BCUT2D eigenvalue weighted by molar-refractivity contribution is -0.290. The molecular formula is C20H22O9. The number of phenols is 3. The van der Waals surface area contributed by atoms with Gasteiger partial charge in [0.2, 0.25) is 0 Å². The van der Waals surface area contributed by atoms with E-state index in [4.69, 9.17) is 14.2 Å². The third-order valence-corrected chi connectivity index (χ3v) is 5.15. The Morgan fingerprint density at radius 3 is 2.45 bits per heavy atom. The molecule has 1 saturated heterocycles. The summed E-state index contributed by atoms with van der Waals surface area (Å²) in [6, 6.07) is 8.86. The van der Waals surface area contributed by atoms with Crippen molar-refractivity contribution < 1.29 is 44.8 Å². The quantitative estimate of drug-likeness (QED) is 0.396. The predicted molar refractivity (Wildman–Crippen MR) is 97.6 cm³/mol. The van der Waals surface area contributed by atoms with Gasteiger partial charge in [0, 0.05) is 12.5 Å². The number of hydrogen-bond donors (Lipinski definition) is 6. The van der Waals surface area contributed by atoms with Crippen molar-refractivity contribution in [3.8, 4) is 23.0 Å². The highest BCUT2D eigenvalue weighted by atomic mass is 16.7. The topological polar surface area (TPSA) is 149 Å². The second-order valence-corrected chi connectivity index (χ2v) is 7.21. The fraction of sp³-hybridized carbons (Fsp3) is 0.400. The predicted octanol–water partition coefficient (Wildman–Crippen LogP) is 0.304. The molecule has 0 bridgehead atoms. The number of rotatable bonds is 3. The lowest BCUT2D eigenvalue weighted by atomic mass is 9.94. The van der Waals surface area contributed by atoms with Gasteiger partial charge in [0.15, 0.2) is 23.9 Å². The lowest BCUT2D eigenvalue weighted by Crippen LogP contribution is -2.55. The van der Waals surface area contributed by atoms with Crippen molar-refractivity contribution in [1.29, 1.82) is 0 Å². The van der Waals surface area contributed by atoms with Crippen molar-refractivity contribution in [3.63, 3.8) is 0 Å². The van der Waals surface area contributed by atoms with Crippen LogP contribution >= 0.6 is 0 Å². The summed E-state index contributed by atoms with van der Waals surface area (Å²) >= 11 is 0. The van der Waals surface area contributed by atoms with Crippen molar-refractivity contribution in [2.24, 2.45) is 0 Å². The first-order chi connectivity index (χ1) is 13.8. The number of ether oxygens (including phenoxy) is 3. The Labute approximate surface area is 166 Å². The molecule has 2 heterocycles. The zero-order valence-corrected chi connectivity index (χ0v) is 15.3. The van der Waals surface area contributed by atoms with Crippen LogP contribution in [0.2, 0.25) is 0 Å². The molecule has 0 radical (unpaired) electrons. The van der Waals surface area contributed by atoms with Crippen LogP contribution in [0.3, 0.4) is 0 Å². The third kappa shape index (κ3) is 3.83. The van der Waals surface area contributed by atoms with E-state index in [2.05, 4.69) is 0 Å². The van der Waals surface area contributed by atoms with Crippen LogP contribution < -0.4 is 4.74 Å². The van der Waals surface area contributed by atoms with Gasteiger partial charge in [-0.15, -0.1) is 0 Å². The van der Waals surface area contributed by atoms with Gasteiger partial charge < -0.3 is 44.8 Å². The van der Waals surface area contributed by atoms with E-state index in [0.717, 1.165) is 5.56 Å². The first kappa shape index (κ1) is 19.7. The molecule has 0 amide bonds. The highest BCUT2D eigenvalue weighted by Crippen LogP contribution is 2.41. The van der Waals surface area contributed by atoms with E-state index < -0.39 is 36.8 Å². The van der Waals surface area contributed by atoms with Crippen LogP contribution in [0.5, 0.6) is 23.0 Å². The van der Waals surface area contributed by atoms with E-state index in [0.29, 0.717) is 17.7 Å². The van der Waals surface area contributed by atoms with Crippen LogP contribution in [-0.2, 0) is 15.9 Å². The molecule has 1 fully saturated rings. The van der Waals surface area contributed by atoms with Gasteiger partial charge >= 0.3 is 0 Å². The maximum absolute atomic E-state index is 10.2. The van der Waals surface area contributed by atoms with Crippen LogP contribution in [0.1, 0.15) is 17.2 Å². The Morgan fingerprint density at radius 1 is 0.897 bits per heavy atom. The smallest absolute Gasteiger partial charge is 0.186 e. The normalized spacial score (nSPS) is 31.7. The average molecular weight is 406 g/mol. The zero-order valence-electron chi connectivity index (χ0n) is 15.3. The number of aliphatic hydroxyl groups is 3. The number of aromatic hydroxyl groups is 3. The SMILES string of the molecule is Oc1ccc2c(c1)O[C@H](c1ccc(O)c(O)c1)[C@@H](O[C@@H]1OC[C@@H](O)[C@H](O)[C@H]1O)C2. The van der Waals surface area contributed by atoms with Crippen LogP contribution in [0.25, 0.3) is 0 Å². The Kier molecular flexibility index (Phi) is 5.24. The number of hydrogen-bond acceptors (Lipinski definition) is 9. The molecule has 9 heteroatoms. The minimum atomic E-state index is -1.46. The Bertz CT molecular complexity index is 886. The maximum atomic E-state index is 10.2. The van der Waals surface area contributed by atoms with E-state index in [-0.39, 0.29) is 23.9 Å². The summed E-state index contributed by atoms with van der Waals surface area (Å²) in [7, 11) is 0. The fourth-order valence-corrected chi connectivity index (χ4v) is 3.55. The number of aliphatic hydroxyl groups excluding tert-OH is 3. The molecule has 2 aliphatic heterocycles. The molecule has 0 aliphatic carbocycles. The highest BCUT2D eigenvalue weighted by molar-refractivity contribution is 5.45. The van der Waals surface area contributed by atoms with Crippen LogP contribution in [-0.4, -0.2) is 68.0 Å². The van der Waals surface area contributed by atoms with E-state index in [1.165, 1.54) is 24.3 Å². The van der Waals surface area contributed by atoms with Crippen molar-refractivity contribution in [2.45, 2.75) is 43.2 Å². The number of phenolic OH excluding ortho intramolecular Hbond substituents is 3. The number of fused-ring (bicyclic) bond motifs is 1. The first-order valence-electron chi connectivity index (χ1n) is 9.15. The van der Waals surface area contributed by atoms with Crippen molar-refractivity contribution in [2.75, 3.05) is 6.61 Å². The average Bonchev–Trinajstić information content (AvgIpc) is 2.70. The van der Waals surface area contributed by atoms with E-state index in [9.17, 15) is 30.6 Å². The molecular weight excluding hydrogens is 384 g/mol. The van der Waals surface area contributed by atoms with E-state index in [1.807, 2.05) is 0 Å². The van der Waals surface area contributed by atoms with E-state index in [1.54, 1.807) is 12.1 Å². The summed E-state index contributed by atoms with van der Waals surface area (Å²) in [6.45, 7) is -0.203. The van der Waals surface area contributed by atoms with Gasteiger partial charge in [0.25, 0.3) is 0 Å². The van der Waals surface area contributed by atoms with Gasteiger partial charge in [0.05, 0.1) is 6.61 Å². The first-order valence-corrected chi connectivity index (χ1v) is 9.15. The molecule has 0 unspecified atom stereocenters. The van der Waals surface area contributed by atoms with E-state index >= 15 is 0 Å². The highest BCUT2D eigenvalue weighted by Gasteiger charge is 2.42. The molecule has 2 aromatic rings. The number of benzene rings is 2. The standard InChI is InChI=1S/C20H22O9/c21-11-3-1-9-6-16(29-20-18(26)17(25)14(24)8-27-20)19(28-15(9)7-11)10-2-4-12(22)13(23)5-10/h1-5,7,14,16-26H,6,8H2/t14-,16+,17+,18-,19-,20+/m1/s1. The monoisotopic (exact) mass is 406 g/mol. The molecule has 156 valence electrons. The molecule has 0 spiro atoms. The summed E-state index contributed by atoms with van der Waals surface area (Å²) < 4.78 is 17.3. The molecule has 2 aromatic carbocycles. The van der Waals surface area contributed by atoms with Crippen molar-refractivity contribution in [1.82, 2.24) is 0 Å². The van der Waals surface area contributed by atoms with Gasteiger partial charge in [0.1, 0.15) is 35.9 Å². The van der Waals surface area contributed by atoms with Crippen molar-refractivity contribution in [3.05, 3.63) is 47.5 Å². The summed E-state index contributed by atoms with van der Waals surface area (Å²) in [5, 5.41) is 58.9. The van der Waals surface area contributed by atoms with Gasteiger partial charge in [-0.3, -0.25) is 0 Å². The Hall–Kier alpha value is -2.56. The van der Waals surface area contributed by atoms with Gasteiger partial charge in [-0.05, 0) is 29.3 Å². The molecule has 2 aliphatic rings. The summed E-state index contributed by atoms with van der Waals surface area (Å²) in [6.07, 6.45) is -6.44. The molecule has 0 aromatic heterocycles. The van der Waals surface area contributed by atoms with Gasteiger partial charge in [-0.2, -0.15) is 0 Å². The van der Waals surface area contributed by atoms with Crippen LogP contribution in [0, 0.1) is 0 Å². The molecule has 29 heavy (non-hydrogen) atoms. The van der Waals surface area contributed by atoms with Gasteiger partial charge in [-0.25, -0.2) is 0 Å². The van der Waals surface area contributed by atoms with Gasteiger partial charge in [-0.1, -0.05) is 12.1 Å². The second-order valence-electron chi connectivity index (χ2n) is 7.21. The Morgan fingerprint density at radius 2 is 1.69 bits per heavy atom. The summed E-state index contributed by atoms with van der Waals surface area (Å²) in [5.41, 5.74) is 1.24. The fourth-order valence-electron chi connectivity index (χ4n) is 3.55. The minimum absolute atomic E-state index is 0.0265. The van der Waals surface area contributed by atoms with Crippen LogP contribution in [0.15, 0.2) is 36.4 Å². The summed E-state index contributed by atoms with van der Waals surface area (Å²) in [4.78, 5) is 0. The molecule has 6 atom stereocenters. The molecule has 0 saturated carbocycles.